The summed E-state index contributed by atoms with van der Waals surface area (Å²) in [5, 5.41) is 7.88. The van der Waals surface area contributed by atoms with E-state index in [1.807, 2.05) is 13.1 Å². The van der Waals surface area contributed by atoms with Crippen LogP contribution in [0.5, 0.6) is 0 Å². The Morgan fingerprint density at radius 2 is 2.20 bits per heavy atom. The second-order valence-electron chi connectivity index (χ2n) is 5.08. The summed E-state index contributed by atoms with van der Waals surface area (Å²) >= 11 is 1.71. The summed E-state index contributed by atoms with van der Waals surface area (Å²) < 4.78 is 0. The Bertz CT molecular complexity index is 400. The minimum atomic E-state index is 0.461. The van der Waals surface area contributed by atoms with Gasteiger partial charge in [0.25, 0.3) is 0 Å². The Balaban J connectivity index is 2.45. The fourth-order valence-electron chi connectivity index (χ4n) is 1.96. The van der Waals surface area contributed by atoms with Crippen molar-refractivity contribution in [2.75, 3.05) is 6.54 Å². The first-order valence-electron chi connectivity index (χ1n) is 7.61. The maximum atomic E-state index is 4.63. The second-order valence-corrected chi connectivity index (χ2v) is 6.40. The number of aliphatic imine (C=N–C) groups is 1. The molecule has 4 nitrogen and oxygen atoms in total. The third kappa shape index (κ3) is 6.89. The van der Waals surface area contributed by atoms with Gasteiger partial charge in [-0.2, -0.15) is 0 Å². The number of hydrogen-bond donors (Lipinski definition) is 2. The molecule has 5 heteroatoms. The van der Waals surface area contributed by atoms with Crippen LogP contribution in [0.25, 0.3) is 0 Å². The molecule has 0 aromatic carbocycles. The first-order chi connectivity index (χ1) is 9.65. The number of guanidine groups is 1. The molecule has 0 spiro atoms. The normalized spacial score (nSPS) is 13.3. The van der Waals surface area contributed by atoms with E-state index in [9.17, 15) is 0 Å². The number of aromatic nitrogens is 1. The Morgan fingerprint density at radius 1 is 1.40 bits per heavy atom. The van der Waals surface area contributed by atoms with E-state index in [0.29, 0.717) is 12.6 Å². The molecule has 0 bridgehead atoms. The average molecular weight is 296 g/mol. The van der Waals surface area contributed by atoms with Crippen molar-refractivity contribution < 1.29 is 0 Å². The van der Waals surface area contributed by atoms with Crippen molar-refractivity contribution in [1.82, 2.24) is 15.6 Å². The zero-order chi connectivity index (χ0) is 14.8. The van der Waals surface area contributed by atoms with Gasteiger partial charge in [-0.15, -0.1) is 11.3 Å². The predicted molar refractivity (Wildman–Crippen MR) is 88.4 cm³/mol. The summed E-state index contributed by atoms with van der Waals surface area (Å²) in [4.78, 5) is 10.1. The van der Waals surface area contributed by atoms with Gasteiger partial charge in [0.2, 0.25) is 0 Å². The van der Waals surface area contributed by atoms with Gasteiger partial charge in [0, 0.05) is 23.7 Å². The quantitative estimate of drug-likeness (QED) is 0.439. The fraction of sp³-hybridized carbons (Fsp3) is 0.733. The van der Waals surface area contributed by atoms with E-state index in [-0.39, 0.29) is 0 Å². The SMILES string of the molecule is CCCCCC(C)NC(=NCc1cnc(C)s1)NCC. The van der Waals surface area contributed by atoms with E-state index in [0.717, 1.165) is 17.5 Å². The summed E-state index contributed by atoms with van der Waals surface area (Å²) in [7, 11) is 0. The van der Waals surface area contributed by atoms with Gasteiger partial charge in [-0.05, 0) is 27.2 Å². The highest BCUT2D eigenvalue weighted by atomic mass is 32.1. The fourth-order valence-corrected chi connectivity index (χ4v) is 2.68. The molecule has 1 heterocycles. The minimum absolute atomic E-state index is 0.461. The molecule has 0 radical (unpaired) electrons. The number of hydrogen-bond acceptors (Lipinski definition) is 3. The largest absolute Gasteiger partial charge is 0.357 e. The van der Waals surface area contributed by atoms with Gasteiger partial charge in [-0.1, -0.05) is 26.2 Å². The molecule has 1 aromatic rings. The smallest absolute Gasteiger partial charge is 0.191 e. The van der Waals surface area contributed by atoms with Crippen LogP contribution >= 0.6 is 11.3 Å². The van der Waals surface area contributed by atoms with Gasteiger partial charge in [0.05, 0.1) is 11.6 Å². The molecule has 0 saturated carbocycles. The molecular weight excluding hydrogens is 268 g/mol. The lowest BCUT2D eigenvalue weighted by molar-refractivity contribution is 0.547. The number of nitrogens with one attached hydrogen (secondary N) is 2. The molecule has 0 fully saturated rings. The average Bonchev–Trinajstić information content (AvgIpc) is 2.82. The van der Waals surface area contributed by atoms with Crippen molar-refractivity contribution in [3.63, 3.8) is 0 Å². The maximum Gasteiger partial charge on any atom is 0.191 e. The Labute approximate surface area is 127 Å². The van der Waals surface area contributed by atoms with Crippen molar-refractivity contribution in [2.24, 2.45) is 4.99 Å². The van der Waals surface area contributed by atoms with Crippen LogP contribution < -0.4 is 10.6 Å². The molecule has 1 rings (SSSR count). The molecule has 1 unspecified atom stereocenters. The van der Waals surface area contributed by atoms with Crippen LogP contribution in [0.2, 0.25) is 0 Å². The Morgan fingerprint density at radius 3 is 2.80 bits per heavy atom. The lowest BCUT2D eigenvalue weighted by Gasteiger charge is -2.17. The molecular formula is C15H28N4S. The van der Waals surface area contributed by atoms with Gasteiger partial charge in [-0.25, -0.2) is 9.98 Å². The van der Waals surface area contributed by atoms with Gasteiger partial charge in [0.15, 0.2) is 5.96 Å². The number of aryl methyl sites for hydroxylation is 1. The summed E-state index contributed by atoms with van der Waals surface area (Å²) in [6, 6.07) is 0.461. The summed E-state index contributed by atoms with van der Waals surface area (Å²) in [6.07, 6.45) is 6.96. The number of rotatable bonds is 8. The van der Waals surface area contributed by atoms with Gasteiger partial charge in [-0.3, -0.25) is 0 Å². The third-order valence-corrected chi connectivity index (χ3v) is 3.93. The first kappa shape index (κ1) is 17.0. The van der Waals surface area contributed by atoms with Gasteiger partial charge < -0.3 is 10.6 Å². The molecule has 0 aliphatic carbocycles. The molecule has 2 N–H and O–H groups in total. The van der Waals surface area contributed by atoms with Crippen LogP contribution in [0.15, 0.2) is 11.2 Å². The zero-order valence-electron chi connectivity index (χ0n) is 13.2. The lowest BCUT2D eigenvalue weighted by atomic mass is 10.1. The van der Waals surface area contributed by atoms with E-state index < -0.39 is 0 Å². The second kappa shape index (κ2) is 9.75. The minimum Gasteiger partial charge on any atom is -0.357 e. The Kier molecular flexibility index (Phi) is 8.26. The van der Waals surface area contributed by atoms with E-state index >= 15 is 0 Å². The maximum absolute atomic E-state index is 4.63. The number of thiazole rings is 1. The van der Waals surface area contributed by atoms with E-state index in [1.165, 1.54) is 30.6 Å². The Hall–Kier alpha value is -1.10. The lowest BCUT2D eigenvalue weighted by Crippen LogP contribution is -2.42. The van der Waals surface area contributed by atoms with Crippen LogP contribution in [0, 0.1) is 6.92 Å². The molecule has 0 aliphatic heterocycles. The third-order valence-electron chi connectivity index (χ3n) is 3.03. The number of unbranched alkanes of at least 4 members (excludes halogenated alkanes) is 2. The van der Waals surface area contributed by atoms with Gasteiger partial charge in [0.1, 0.15) is 0 Å². The van der Waals surface area contributed by atoms with E-state index in [4.69, 9.17) is 0 Å². The molecule has 1 aromatic heterocycles. The molecule has 1 atom stereocenters. The summed E-state index contributed by atoms with van der Waals surface area (Å²) in [6.45, 7) is 10.2. The van der Waals surface area contributed by atoms with Crippen molar-refractivity contribution in [2.45, 2.75) is 66.0 Å². The standard InChI is InChI=1S/C15H28N4S/c1-5-7-8-9-12(3)19-15(16-6-2)18-11-14-10-17-13(4)20-14/h10,12H,5-9,11H2,1-4H3,(H2,16,18,19). The molecule has 0 saturated heterocycles. The van der Waals surface area contributed by atoms with Crippen LogP contribution in [0.4, 0.5) is 0 Å². The summed E-state index contributed by atoms with van der Waals surface area (Å²) in [5.41, 5.74) is 0. The first-order valence-corrected chi connectivity index (χ1v) is 8.43. The van der Waals surface area contributed by atoms with Crippen molar-refractivity contribution in [3.05, 3.63) is 16.1 Å². The van der Waals surface area contributed by atoms with Crippen molar-refractivity contribution >= 4 is 17.3 Å². The van der Waals surface area contributed by atoms with Crippen molar-refractivity contribution in [1.29, 1.82) is 0 Å². The topological polar surface area (TPSA) is 49.3 Å². The molecule has 0 amide bonds. The van der Waals surface area contributed by atoms with E-state index in [1.54, 1.807) is 11.3 Å². The number of nitrogens with zero attached hydrogens (tertiary/aromatic N) is 2. The summed E-state index contributed by atoms with van der Waals surface area (Å²) in [5.74, 6) is 0.905. The highest BCUT2D eigenvalue weighted by Crippen LogP contribution is 2.12. The zero-order valence-corrected chi connectivity index (χ0v) is 14.0. The predicted octanol–water partition coefficient (Wildman–Crippen LogP) is 3.48. The van der Waals surface area contributed by atoms with Crippen LogP contribution in [-0.2, 0) is 6.54 Å². The monoisotopic (exact) mass is 296 g/mol. The molecule has 0 aliphatic rings. The van der Waals surface area contributed by atoms with Crippen molar-refractivity contribution in [3.8, 4) is 0 Å². The van der Waals surface area contributed by atoms with Crippen LogP contribution in [-0.4, -0.2) is 23.5 Å². The van der Waals surface area contributed by atoms with Gasteiger partial charge >= 0.3 is 0 Å². The van der Waals surface area contributed by atoms with E-state index in [2.05, 4.69) is 41.4 Å². The highest BCUT2D eigenvalue weighted by Gasteiger charge is 2.05. The highest BCUT2D eigenvalue weighted by molar-refractivity contribution is 7.11. The molecule has 20 heavy (non-hydrogen) atoms. The van der Waals surface area contributed by atoms with Crippen LogP contribution in [0.1, 0.15) is 56.3 Å². The van der Waals surface area contributed by atoms with Crippen LogP contribution in [0.3, 0.4) is 0 Å². The molecule has 114 valence electrons.